The van der Waals surface area contributed by atoms with Crippen LogP contribution in [0.1, 0.15) is 52.4 Å². The summed E-state index contributed by atoms with van der Waals surface area (Å²) in [6.45, 7) is 5.73. The van der Waals surface area contributed by atoms with Crippen molar-refractivity contribution in [2.24, 2.45) is 5.73 Å². The van der Waals surface area contributed by atoms with E-state index >= 15 is 0 Å². The van der Waals surface area contributed by atoms with Gasteiger partial charge in [-0.2, -0.15) is 0 Å². The van der Waals surface area contributed by atoms with Crippen LogP contribution >= 0.6 is 0 Å². The van der Waals surface area contributed by atoms with Crippen molar-refractivity contribution in [1.82, 2.24) is 4.90 Å². The molecule has 3 nitrogen and oxygen atoms in total. The lowest BCUT2D eigenvalue weighted by Crippen LogP contribution is -2.53. The Balaban J connectivity index is 2.56. The minimum Gasteiger partial charge on any atom is -0.341 e. The molecule has 1 unspecified atom stereocenters. The van der Waals surface area contributed by atoms with Gasteiger partial charge in [0.1, 0.15) is 0 Å². The van der Waals surface area contributed by atoms with Gasteiger partial charge in [0.25, 0.3) is 0 Å². The van der Waals surface area contributed by atoms with E-state index in [1.54, 1.807) is 0 Å². The number of nitrogens with zero attached hydrogens (tertiary/aromatic N) is 1. The molecule has 1 fully saturated rings. The van der Waals surface area contributed by atoms with Crippen LogP contribution in [0.3, 0.4) is 0 Å². The second-order valence-electron chi connectivity index (χ2n) is 4.87. The number of nitrogens with two attached hydrogens (primary N) is 1. The summed E-state index contributed by atoms with van der Waals surface area (Å²) in [6.07, 6.45) is 6.51. The van der Waals surface area contributed by atoms with Crippen LogP contribution in [0.4, 0.5) is 0 Å². The van der Waals surface area contributed by atoms with Crippen LogP contribution < -0.4 is 5.73 Å². The van der Waals surface area contributed by atoms with E-state index in [0.29, 0.717) is 0 Å². The molecular formula is C12H24N2O. The Morgan fingerprint density at radius 2 is 1.80 bits per heavy atom. The summed E-state index contributed by atoms with van der Waals surface area (Å²) in [6, 6.07) is 0. The van der Waals surface area contributed by atoms with Gasteiger partial charge in [-0.05, 0) is 26.2 Å². The summed E-state index contributed by atoms with van der Waals surface area (Å²) in [4.78, 5) is 14.1. The Kier molecular flexibility index (Phi) is 4.58. The van der Waals surface area contributed by atoms with Crippen molar-refractivity contribution in [3.63, 3.8) is 0 Å². The lowest BCUT2D eigenvalue weighted by molar-refractivity contribution is -0.136. The predicted molar refractivity (Wildman–Crippen MR) is 62.5 cm³/mol. The molecule has 0 spiro atoms. The fourth-order valence-corrected chi connectivity index (χ4v) is 2.26. The van der Waals surface area contributed by atoms with Crippen molar-refractivity contribution >= 4 is 5.91 Å². The first-order chi connectivity index (χ1) is 7.08. The Morgan fingerprint density at radius 3 is 2.27 bits per heavy atom. The highest BCUT2D eigenvalue weighted by atomic mass is 16.2. The van der Waals surface area contributed by atoms with Gasteiger partial charge < -0.3 is 10.6 Å². The number of carbonyl (C=O) groups excluding carboxylic acids is 1. The molecule has 0 aromatic rings. The van der Waals surface area contributed by atoms with Crippen molar-refractivity contribution in [3.8, 4) is 0 Å². The van der Waals surface area contributed by atoms with Crippen molar-refractivity contribution in [3.05, 3.63) is 0 Å². The summed E-state index contributed by atoms with van der Waals surface area (Å²) >= 11 is 0. The van der Waals surface area contributed by atoms with Crippen LogP contribution in [-0.4, -0.2) is 29.4 Å². The first kappa shape index (κ1) is 12.5. The monoisotopic (exact) mass is 212 g/mol. The zero-order valence-electron chi connectivity index (χ0n) is 10.1. The summed E-state index contributed by atoms with van der Waals surface area (Å²) in [5.41, 5.74) is 5.41. The maximum absolute atomic E-state index is 12.2. The highest BCUT2D eigenvalue weighted by Crippen LogP contribution is 2.16. The highest BCUT2D eigenvalue weighted by Gasteiger charge is 2.31. The zero-order valence-corrected chi connectivity index (χ0v) is 10.1. The van der Waals surface area contributed by atoms with E-state index in [4.69, 9.17) is 5.73 Å². The standard InChI is InChI=1S/C12H24N2O/c1-3-8-12(2,13)11(15)14-9-6-4-5-7-10-14/h3-10,13H2,1-2H3. The SMILES string of the molecule is CCCC(C)(N)C(=O)N1CCCCCC1. The third-order valence-corrected chi connectivity index (χ3v) is 3.15. The largest absolute Gasteiger partial charge is 0.341 e. The van der Waals surface area contributed by atoms with E-state index in [2.05, 4.69) is 6.92 Å². The summed E-state index contributed by atoms with van der Waals surface area (Å²) < 4.78 is 0. The van der Waals surface area contributed by atoms with Gasteiger partial charge in [-0.1, -0.05) is 26.2 Å². The Morgan fingerprint density at radius 1 is 1.27 bits per heavy atom. The van der Waals surface area contributed by atoms with Gasteiger partial charge in [0, 0.05) is 13.1 Å². The second kappa shape index (κ2) is 5.50. The van der Waals surface area contributed by atoms with Crippen LogP contribution in [0.25, 0.3) is 0 Å². The fraction of sp³-hybridized carbons (Fsp3) is 0.917. The highest BCUT2D eigenvalue weighted by molar-refractivity contribution is 5.85. The molecule has 0 bridgehead atoms. The molecule has 3 heteroatoms. The van der Waals surface area contributed by atoms with E-state index < -0.39 is 5.54 Å². The number of hydrogen-bond donors (Lipinski definition) is 1. The van der Waals surface area contributed by atoms with Crippen LogP contribution in [-0.2, 0) is 4.79 Å². The molecule has 1 saturated heterocycles. The zero-order chi connectivity index (χ0) is 11.3. The average Bonchev–Trinajstić information content (AvgIpc) is 2.44. The molecule has 0 aromatic heterocycles. The summed E-state index contributed by atoms with van der Waals surface area (Å²) in [5, 5.41) is 0. The van der Waals surface area contributed by atoms with Gasteiger partial charge in [-0.3, -0.25) is 4.79 Å². The van der Waals surface area contributed by atoms with E-state index in [1.165, 1.54) is 12.8 Å². The van der Waals surface area contributed by atoms with Gasteiger partial charge in [-0.15, -0.1) is 0 Å². The molecular weight excluding hydrogens is 188 g/mol. The van der Waals surface area contributed by atoms with Crippen LogP contribution in [0.15, 0.2) is 0 Å². The molecule has 1 heterocycles. The van der Waals surface area contributed by atoms with Crippen molar-refractivity contribution < 1.29 is 4.79 Å². The van der Waals surface area contributed by atoms with Crippen molar-refractivity contribution in [2.45, 2.75) is 57.9 Å². The van der Waals surface area contributed by atoms with Crippen molar-refractivity contribution in [1.29, 1.82) is 0 Å². The number of carbonyl (C=O) groups is 1. The number of amides is 1. The maximum Gasteiger partial charge on any atom is 0.242 e. The van der Waals surface area contributed by atoms with E-state index in [1.807, 2.05) is 11.8 Å². The minimum absolute atomic E-state index is 0.145. The quantitative estimate of drug-likeness (QED) is 0.776. The molecule has 88 valence electrons. The third kappa shape index (κ3) is 3.49. The van der Waals surface area contributed by atoms with Crippen LogP contribution in [0.2, 0.25) is 0 Å². The second-order valence-corrected chi connectivity index (χ2v) is 4.87. The summed E-state index contributed by atoms with van der Waals surface area (Å²) in [5.74, 6) is 0.145. The molecule has 2 N–H and O–H groups in total. The first-order valence-corrected chi connectivity index (χ1v) is 6.16. The first-order valence-electron chi connectivity index (χ1n) is 6.16. The van der Waals surface area contributed by atoms with Gasteiger partial charge in [0.05, 0.1) is 5.54 Å². The Bertz CT molecular complexity index is 206. The van der Waals surface area contributed by atoms with Crippen molar-refractivity contribution in [2.75, 3.05) is 13.1 Å². The minimum atomic E-state index is -0.654. The normalized spacial score (nSPS) is 21.9. The Labute approximate surface area is 93.0 Å². The molecule has 15 heavy (non-hydrogen) atoms. The molecule has 1 amide bonds. The third-order valence-electron chi connectivity index (χ3n) is 3.15. The van der Waals surface area contributed by atoms with E-state index in [9.17, 15) is 4.79 Å². The van der Waals surface area contributed by atoms with Crippen LogP contribution in [0, 0.1) is 0 Å². The smallest absolute Gasteiger partial charge is 0.242 e. The number of likely N-dealkylation sites (tertiary alicyclic amines) is 1. The molecule has 1 aliphatic rings. The average molecular weight is 212 g/mol. The summed E-state index contributed by atoms with van der Waals surface area (Å²) in [7, 11) is 0. The molecule has 1 rings (SSSR count). The van der Waals surface area contributed by atoms with E-state index in [-0.39, 0.29) is 5.91 Å². The van der Waals surface area contributed by atoms with Gasteiger partial charge in [0.15, 0.2) is 0 Å². The van der Waals surface area contributed by atoms with E-state index in [0.717, 1.165) is 38.8 Å². The maximum atomic E-state index is 12.2. The molecule has 1 atom stereocenters. The predicted octanol–water partition coefficient (Wildman–Crippen LogP) is 1.91. The molecule has 1 aliphatic heterocycles. The number of rotatable bonds is 3. The molecule has 0 aromatic carbocycles. The van der Waals surface area contributed by atoms with Gasteiger partial charge in [0.2, 0.25) is 5.91 Å². The molecule has 0 radical (unpaired) electrons. The molecule has 0 saturated carbocycles. The fourth-order valence-electron chi connectivity index (χ4n) is 2.26. The van der Waals surface area contributed by atoms with Gasteiger partial charge >= 0.3 is 0 Å². The Hall–Kier alpha value is -0.570. The lowest BCUT2D eigenvalue weighted by atomic mass is 9.95. The molecule has 0 aliphatic carbocycles. The number of hydrogen-bond acceptors (Lipinski definition) is 2. The lowest BCUT2D eigenvalue weighted by Gasteiger charge is -2.30. The topological polar surface area (TPSA) is 46.3 Å². The van der Waals surface area contributed by atoms with Crippen LogP contribution in [0.5, 0.6) is 0 Å². The van der Waals surface area contributed by atoms with Gasteiger partial charge in [-0.25, -0.2) is 0 Å².